The first-order chi connectivity index (χ1) is 16.5. The maximum absolute atomic E-state index is 12.4. The summed E-state index contributed by atoms with van der Waals surface area (Å²) in [7, 11) is 0. The summed E-state index contributed by atoms with van der Waals surface area (Å²) in [5.74, 6) is 0.0345. The van der Waals surface area contributed by atoms with Crippen LogP contribution in [0.3, 0.4) is 0 Å². The molecule has 0 aliphatic carbocycles. The summed E-state index contributed by atoms with van der Waals surface area (Å²) in [6.45, 7) is 1.97. The second-order valence-electron chi connectivity index (χ2n) is 7.37. The number of nitrogens with zero attached hydrogens (tertiary/aromatic N) is 4. The van der Waals surface area contributed by atoms with Crippen molar-refractivity contribution in [1.29, 1.82) is 0 Å². The second-order valence-corrected chi connectivity index (χ2v) is 7.80. The first-order valence-electron chi connectivity index (χ1n) is 10.4. The Bertz CT molecular complexity index is 1280. The number of aromatic nitrogens is 4. The van der Waals surface area contributed by atoms with Crippen LogP contribution in [0.25, 0.3) is 11.4 Å². The van der Waals surface area contributed by atoms with E-state index in [1.165, 1.54) is 4.80 Å². The van der Waals surface area contributed by atoms with Crippen LogP contribution < -0.4 is 15.6 Å². The molecule has 10 heteroatoms. The minimum atomic E-state index is -0.836. The predicted octanol–water partition coefficient (Wildman–Crippen LogP) is 3.27. The van der Waals surface area contributed by atoms with Crippen molar-refractivity contribution in [3.63, 3.8) is 0 Å². The van der Waals surface area contributed by atoms with Crippen molar-refractivity contribution in [2.45, 2.75) is 19.6 Å². The van der Waals surface area contributed by atoms with Gasteiger partial charge in [0, 0.05) is 16.1 Å². The minimum Gasteiger partial charge on any atom is -0.481 e. The average Bonchev–Trinajstić information content (AvgIpc) is 3.32. The molecule has 1 unspecified atom stereocenters. The third-order valence-electron chi connectivity index (χ3n) is 4.80. The molecule has 1 atom stereocenters. The van der Waals surface area contributed by atoms with Crippen molar-refractivity contribution in [2.75, 3.05) is 0 Å². The van der Waals surface area contributed by atoms with Gasteiger partial charge in [0.25, 0.3) is 11.8 Å². The molecule has 0 fully saturated rings. The van der Waals surface area contributed by atoms with E-state index < -0.39 is 17.9 Å². The number of halogens is 1. The highest BCUT2D eigenvalue weighted by atomic mass is 35.5. The van der Waals surface area contributed by atoms with Crippen LogP contribution in [0, 0.1) is 0 Å². The lowest BCUT2D eigenvalue weighted by Crippen LogP contribution is -2.47. The van der Waals surface area contributed by atoms with Gasteiger partial charge in [0.05, 0.1) is 6.54 Å². The van der Waals surface area contributed by atoms with E-state index in [1.54, 1.807) is 55.5 Å². The lowest BCUT2D eigenvalue weighted by molar-refractivity contribution is -0.128. The normalized spacial score (nSPS) is 11.5. The number of rotatable bonds is 7. The summed E-state index contributed by atoms with van der Waals surface area (Å²) < 4.78 is 5.53. The molecule has 34 heavy (non-hydrogen) atoms. The van der Waals surface area contributed by atoms with Crippen LogP contribution in [-0.2, 0) is 11.3 Å². The fourth-order valence-electron chi connectivity index (χ4n) is 3.03. The summed E-state index contributed by atoms with van der Waals surface area (Å²) in [6.07, 6.45) is -0.836. The number of carbonyl (C=O) groups is 2. The van der Waals surface area contributed by atoms with Crippen LogP contribution in [0.5, 0.6) is 5.75 Å². The third-order valence-corrected chi connectivity index (χ3v) is 5.04. The van der Waals surface area contributed by atoms with Crippen molar-refractivity contribution < 1.29 is 14.3 Å². The quantitative estimate of drug-likeness (QED) is 0.396. The van der Waals surface area contributed by atoms with Crippen molar-refractivity contribution in [3.8, 4) is 17.1 Å². The molecule has 2 amide bonds. The van der Waals surface area contributed by atoms with E-state index in [9.17, 15) is 9.59 Å². The molecule has 2 N–H and O–H groups in total. The van der Waals surface area contributed by atoms with Crippen LogP contribution in [0.4, 0.5) is 0 Å². The molecule has 0 saturated carbocycles. The maximum atomic E-state index is 12.4. The van der Waals surface area contributed by atoms with E-state index in [0.717, 1.165) is 11.1 Å². The van der Waals surface area contributed by atoms with Crippen LogP contribution in [0.1, 0.15) is 22.8 Å². The summed E-state index contributed by atoms with van der Waals surface area (Å²) in [5, 5.41) is 13.0. The van der Waals surface area contributed by atoms with Crippen molar-refractivity contribution in [1.82, 2.24) is 31.1 Å². The van der Waals surface area contributed by atoms with Gasteiger partial charge in [0.2, 0.25) is 5.82 Å². The van der Waals surface area contributed by atoms with Crippen LogP contribution in [-0.4, -0.2) is 38.1 Å². The molecule has 0 radical (unpaired) electrons. The number of carbonyl (C=O) groups excluding carboxylic acids is 2. The third kappa shape index (κ3) is 5.96. The van der Waals surface area contributed by atoms with Gasteiger partial charge in [-0.05, 0) is 48.0 Å². The average molecular weight is 477 g/mol. The summed E-state index contributed by atoms with van der Waals surface area (Å²) in [6, 6.07) is 23.2. The Labute approximate surface area is 200 Å². The molecule has 4 aromatic rings. The largest absolute Gasteiger partial charge is 0.481 e. The molecule has 0 spiro atoms. The standard InChI is InChI=1S/C24H21ClN6O3/c1-16(34-21-9-5-8-20(25)14-21)23(32)27-28-24(33)19-12-10-17(11-13-19)15-31-29-22(26-30-31)18-6-3-2-4-7-18/h2-14,16H,15H2,1H3,(H,27,32)(H,28,33). The van der Waals surface area contributed by atoms with E-state index in [1.807, 2.05) is 30.3 Å². The molecule has 3 aromatic carbocycles. The van der Waals surface area contributed by atoms with E-state index >= 15 is 0 Å². The summed E-state index contributed by atoms with van der Waals surface area (Å²) in [5.41, 5.74) is 6.90. The van der Waals surface area contributed by atoms with Gasteiger partial charge < -0.3 is 4.74 Å². The van der Waals surface area contributed by atoms with Crippen molar-refractivity contribution in [3.05, 3.63) is 95.0 Å². The Kier molecular flexibility index (Phi) is 7.14. The Morgan fingerprint density at radius 3 is 2.50 bits per heavy atom. The molecular weight excluding hydrogens is 456 g/mol. The Morgan fingerprint density at radius 2 is 1.76 bits per heavy atom. The van der Waals surface area contributed by atoms with E-state index in [4.69, 9.17) is 16.3 Å². The highest BCUT2D eigenvalue weighted by Gasteiger charge is 2.16. The zero-order chi connectivity index (χ0) is 23.9. The number of benzene rings is 3. The number of tetrazole rings is 1. The first-order valence-corrected chi connectivity index (χ1v) is 10.8. The molecule has 9 nitrogen and oxygen atoms in total. The molecule has 0 aliphatic rings. The van der Waals surface area contributed by atoms with E-state index in [-0.39, 0.29) is 0 Å². The van der Waals surface area contributed by atoms with Gasteiger partial charge in [-0.25, -0.2) is 0 Å². The number of hydrogen-bond donors (Lipinski definition) is 2. The molecule has 1 heterocycles. The molecule has 172 valence electrons. The number of hydrogen-bond acceptors (Lipinski definition) is 6. The van der Waals surface area contributed by atoms with Crippen LogP contribution >= 0.6 is 11.6 Å². The highest BCUT2D eigenvalue weighted by Crippen LogP contribution is 2.18. The predicted molar refractivity (Wildman–Crippen MR) is 126 cm³/mol. The monoisotopic (exact) mass is 476 g/mol. The summed E-state index contributed by atoms with van der Waals surface area (Å²) >= 11 is 5.91. The smallest absolute Gasteiger partial charge is 0.279 e. The zero-order valence-electron chi connectivity index (χ0n) is 18.2. The first kappa shape index (κ1) is 22.9. The molecular formula is C24H21ClN6O3. The van der Waals surface area contributed by atoms with Gasteiger partial charge in [-0.1, -0.05) is 60.1 Å². The second kappa shape index (κ2) is 10.6. The molecule has 0 aliphatic heterocycles. The van der Waals surface area contributed by atoms with Gasteiger partial charge in [-0.2, -0.15) is 4.80 Å². The number of amides is 2. The topological polar surface area (TPSA) is 111 Å². The fraction of sp³-hybridized carbons (Fsp3) is 0.125. The van der Waals surface area contributed by atoms with Gasteiger partial charge in [-0.15, -0.1) is 10.2 Å². The number of hydrazine groups is 1. The minimum absolute atomic E-state index is 0.379. The van der Waals surface area contributed by atoms with Gasteiger partial charge in [-0.3, -0.25) is 20.4 Å². The Morgan fingerprint density at radius 1 is 1.00 bits per heavy atom. The lowest BCUT2D eigenvalue weighted by atomic mass is 10.1. The van der Waals surface area contributed by atoms with Gasteiger partial charge in [0.1, 0.15) is 5.75 Å². The van der Waals surface area contributed by atoms with Gasteiger partial charge >= 0.3 is 0 Å². The maximum Gasteiger partial charge on any atom is 0.279 e. The molecule has 4 rings (SSSR count). The van der Waals surface area contributed by atoms with Crippen LogP contribution in [0.2, 0.25) is 5.02 Å². The Balaban J connectivity index is 1.28. The zero-order valence-corrected chi connectivity index (χ0v) is 18.9. The molecule has 1 aromatic heterocycles. The SMILES string of the molecule is CC(Oc1cccc(Cl)c1)C(=O)NNC(=O)c1ccc(Cn2nnc(-c3ccccc3)n2)cc1. The van der Waals surface area contributed by atoms with Crippen molar-refractivity contribution >= 4 is 23.4 Å². The molecule has 0 bridgehead atoms. The van der Waals surface area contributed by atoms with Crippen molar-refractivity contribution in [2.24, 2.45) is 0 Å². The Hall–Kier alpha value is -4.24. The highest BCUT2D eigenvalue weighted by molar-refractivity contribution is 6.30. The fourth-order valence-corrected chi connectivity index (χ4v) is 3.21. The molecule has 0 saturated heterocycles. The summed E-state index contributed by atoms with van der Waals surface area (Å²) in [4.78, 5) is 26.1. The van der Waals surface area contributed by atoms with E-state index in [2.05, 4.69) is 26.3 Å². The van der Waals surface area contributed by atoms with Gasteiger partial charge in [0.15, 0.2) is 6.10 Å². The number of ether oxygens (including phenoxy) is 1. The van der Waals surface area contributed by atoms with E-state index in [0.29, 0.717) is 28.7 Å². The van der Waals surface area contributed by atoms with Crippen LogP contribution in [0.15, 0.2) is 78.9 Å². The lowest BCUT2D eigenvalue weighted by Gasteiger charge is -2.15. The number of nitrogens with one attached hydrogen (secondary N) is 2.